The minimum absolute atomic E-state index is 0.196. The molecule has 1 amide bonds. The smallest absolute Gasteiger partial charge is 0.239 e. The fourth-order valence-corrected chi connectivity index (χ4v) is 5.90. The molecule has 0 saturated carbocycles. The van der Waals surface area contributed by atoms with Crippen LogP contribution in [0.3, 0.4) is 0 Å². The number of hydrogen-bond donors (Lipinski definition) is 1. The van der Waals surface area contributed by atoms with Gasteiger partial charge < -0.3 is 5.32 Å². The van der Waals surface area contributed by atoms with E-state index in [1.165, 1.54) is 23.1 Å². The lowest BCUT2D eigenvalue weighted by Gasteiger charge is -2.15. The average molecular weight is 500 g/mol. The molecule has 0 saturated heterocycles. The molecule has 2 aromatic heterocycles. The Morgan fingerprint density at radius 3 is 2.42 bits per heavy atom. The number of sulfone groups is 1. The standard InChI is InChI=1S/C22H21N5O3S3/c1-2-18(20(28)24-21-23-13-14-31-21)32-22-26-25-19(27(22)16-9-5-3-6-10-16)15-33(29,30)17-11-7-4-8-12-17/h3-14,18H,2,15H2,1H3,(H,23,24,28). The summed E-state index contributed by atoms with van der Waals surface area (Å²) in [6.07, 6.45) is 2.17. The van der Waals surface area contributed by atoms with Crippen LogP contribution in [-0.2, 0) is 20.4 Å². The van der Waals surface area contributed by atoms with Crippen LogP contribution in [0.1, 0.15) is 19.2 Å². The monoisotopic (exact) mass is 499 g/mol. The molecule has 1 N–H and O–H groups in total. The van der Waals surface area contributed by atoms with Gasteiger partial charge in [0.1, 0.15) is 5.75 Å². The first-order chi connectivity index (χ1) is 16.0. The van der Waals surface area contributed by atoms with Crippen molar-refractivity contribution < 1.29 is 13.2 Å². The average Bonchev–Trinajstić information content (AvgIpc) is 3.48. The van der Waals surface area contributed by atoms with Gasteiger partial charge in [0.2, 0.25) is 5.91 Å². The molecule has 2 aromatic carbocycles. The molecule has 33 heavy (non-hydrogen) atoms. The highest BCUT2D eigenvalue weighted by Gasteiger charge is 2.26. The van der Waals surface area contributed by atoms with Gasteiger partial charge in [0.05, 0.1) is 10.1 Å². The lowest BCUT2D eigenvalue weighted by molar-refractivity contribution is -0.115. The number of thiazole rings is 1. The van der Waals surface area contributed by atoms with Crippen molar-refractivity contribution in [1.29, 1.82) is 0 Å². The number of carbonyl (C=O) groups is 1. The molecule has 0 aliphatic carbocycles. The summed E-state index contributed by atoms with van der Waals surface area (Å²) in [6.45, 7) is 1.91. The third kappa shape index (κ3) is 5.49. The topological polar surface area (TPSA) is 107 Å². The van der Waals surface area contributed by atoms with Gasteiger partial charge in [-0.1, -0.05) is 55.1 Å². The SMILES string of the molecule is CCC(Sc1nnc(CS(=O)(=O)c2ccccc2)n1-c1ccccc1)C(=O)Nc1nccs1. The predicted molar refractivity (Wildman–Crippen MR) is 129 cm³/mol. The van der Waals surface area contributed by atoms with E-state index in [9.17, 15) is 13.2 Å². The van der Waals surface area contributed by atoms with Crippen LogP contribution in [0.15, 0.2) is 82.3 Å². The molecule has 0 bridgehead atoms. The fourth-order valence-electron chi connectivity index (χ4n) is 3.11. The van der Waals surface area contributed by atoms with Gasteiger partial charge >= 0.3 is 0 Å². The van der Waals surface area contributed by atoms with Crippen LogP contribution in [0.4, 0.5) is 5.13 Å². The summed E-state index contributed by atoms with van der Waals surface area (Å²) in [5, 5.41) is 13.6. The predicted octanol–water partition coefficient (Wildman–Crippen LogP) is 4.21. The third-order valence-corrected chi connectivity index (χ3v) is 8.33. The molecule has 8 nitrogen and oxygen atoms in total. The third-order valence-electron chi connectivity index (χ3n) is 4.71. The number of amides is 1. The highest BCUT2D eigenvalue weighted by atomic mass is 32.2. The number of nitrogens with one attached hydrogen (secondary N) is 1. The Morgan fingerprint density at radius 2 is 1.79 bits per heavy atom. The van der Waals surface area contributed by atoms with E-state index >= 15 is 0 Å². The van der Waals surface area contributed by atoms with Crippen LogP contribution < -0.4 is 5.32 Å². The number of para-hydroxylation sites is 1. The number of aromatic nitrogens is 4. The molecular weight excluding hydrogens is 478 g/mol. The van der Waals surface area contributed by atoms with Crippen molar-refractivity contribution in [3.05, 3.63) is 78.1 Å². The molecule has 11 heteroatoms. The molecule has 0 aliphatic rings. The molecule has 170 valence electrons. The van der Waals surface area contributed by atoms with Gasteiger partial charge in [-0.05, 0) is 30.7 Å². The number of thioether (sulfide) groups is 1. The Hall–Kier alpha value is -3.02. The Bertz CT molecular complexity index is 1310. The first-order valence-electron chi connectivity index (χ1n) is 10.1. The van der Waals surface area contributed by atoms with Crippen molar-refractivity contribution in [2.24, 2.45) is 0 Å². The van der Waals surface area contributed by atoms with Gasteiger partial charge in [-0.25, -0.2) is 13.4 Å². The molecule has 2 heterocycles. The molecule has 1 unspecified atom stereocenters. The van der Waals surface area contributed by atoms with E-state index in [1.54, 1.807) is 46.5 Å². The fraction of sp³-hybridized carbons (Fsp3) is 0.182. The first-order valence-corrected chi connectivity index (χ1v) is 13.5. The zero-order chi connectivity index (χ0) is 23.3. The van der Waals surface area contributed by atoms with Crippen molar-refractivity contribution in [1.82, 2.24) is 19.7 Å². The highest BCUT2D eigenvalue weighted by Crippen LogP contribution is 2.29. The van der Waals surface area contributed by atoms with E-state index < -0.39 is 15.1 Å². The van der Waals surface area contributed by atoms with Gasteiger partial charge in [-0.15, -0.1) is 21.5 Å². The van der Waals surface area contributed by atoms with Gasteiger partial charge in [0, 0.05) is 17.3 Å². The van der Waals surface area contributed by atoms with Crippen molar-refractivity contribution in [2.45, 2.75) is 34.4 Å². The van der Waals surface area contributed by atoms with Crippen LogP contribution in [-0.4, -0.2) is 39.3 Å². The number of benzene rings is 2. The van der Waals surface area contributed by atoms with Crippen LogP contribution in [0, 0.1) is 0 Å². The highest BCUT2D eigenvalue weighted by molar-refractivity contribution is 8.00. The molecule has 0 aliphatic heterocycles. The number of hydrogen-bond acceptors (Lipinski definition) is 8. The number of carbonyl (C=O) groups excluding carboxylic acids is 1. The van der Waals surface area contributed by atoms with Crippen molar-refractivity contribution in [3.63, 3.8) is 0 Å². The number of nitrogens with zero attached hydrogens (tertiary/aromatic N) is 4. The van der Waals surface area contributed by atoms with Gasteiger partial charge in [0.25, 0.3) is 0 Å². The lowest BCUT2D eigenvalue weighted by atomic mass is 10.3. The van der Waals surface area contributed by atoms with Crippen LogP contribution in [0.5, 0.6) is 0 Å². The molecule has 1 atom stereocenters. The van der Waals surface area contributed by atoms with E-state index in [1.807, 2.05) is 37.3 Å². The minimum Gasteiger partial charge on any atom is -0.301 e. The van der Waals surface area contributed by atoms with Gasteiger partial charge in [-0.3, -0.25) is 9.36 Å². The van der Waals surface area contributed by atoms with E-state index in [0.717, 1.165) is 5.69 Å². The zero-order valence-corrected chi connectivity index (χ0v) is 20.1. The summed E-state index contributed by atoms with van der Waals surface area (Å²) in [7, 11) is -3.63. The second-order valence-corrected chi connectivity index (χ2v) is 11.0. The molecular formula is C22H21N5O3S3. The summed E-state index contributed by atoms with van der Waals surface area (Å²) in [6, 6.07) is 17.5. The Labute approximate surface area is 200 Å². The number of anilines is 1. The number of rotatable bonds is 9. The van der Waals surface area contributed by atoms with E-state index in [0.29, 0.717) is 16.7 Å². The second-order valence-electron chi connectivity index (χ2n) is 6.98. The minimum atomic E-state index is -3.63. The Kier molecular flexibility index (Phi) is 7.21. The Balaban J connectivity index is 1.66. The molecule has 4 aromatic rings. The maximum absolute atomic E-state index is 13.0. The van der Waals surface area contributed by atoms with E-state index in [2.05, 4.69) is 20.5 Å². The summed E-state index contributed by atoms with van der Waals surface area (Å²) in [5.41, 5.74) is 0.721. The summed E-state index contributed by atoms with van der Waals surface area (Å²) < 4.78 is 27.7. The van der Waals surface area contributed by atoms with Gasteiger partial charge in [0.15, 0.2) is 25.9 Å². The maximum atomic E-state index is 13.0. The second kappa shape index (κ2) is 10.3. The van der Waals surface area contributed by atoms with E-state index in [4.69, 9.17) is 0 Å². The lowest BCUT2D eigenvalue weighted by Crippen LogP contribution is -2.25. The van der Waals surface area contributed by atoms with Crippen LogP contribution in [0.25, 0.3) is 5.69 Å². The van der Waals surface area contributed by atoms with Crippen molar-refractivity contribution >= 4 is 44.0 Å². The largest absolute Gasteiger partial charge is 0.301 e. The zero-order valence-electron chi connectivity index (χ0n) is 17.7. The molecule has 0 fully saturated rings. The van der Waals surface area contributed by atoms with Gasteiger partial charge in [-0.2, -0.15) is 0 Å². The summed E-state index contributed by atoms with van der Waals surface area (Å²) >= 11 is 2.58. The first kappa shape index (κ1) is 23.1. The summed E-state index contributed by atoms with van der Waals surface area (Å²) in [5.74, 6) is -0.233. The molecule has 0 radical (unpaired) electrons. The van der Waals surface area contributed by atoms with Crippen molar-refractivity contribution in [3.8, 4) is 5.69 Å². The van der Waals surface area contributed by atoms with Crippen molar-refractivity contribution in [2.75, 3.05) is 5.32 Å². The van der Waals surface area contributed by atoms with E-state index in [-0.39, 0.29) is 22.4 Å². The quantitative estimate of drug-likeness (QED) is 0.344. The normalized spacial score (nSPS) is 12.4. The van der Waals surface area contributed by atoms with Crippen LogP contribution in [0.2, 0.25) is 0 Å². The Morgan fingerprint density at radius 1 is 1.09 bits per heavy atom. The molecule has 0 spiro atoms. The summed E-state index contributed by atoms with van der Waals surface area (Å²) in [4.78, 5) is 17.1. The van der Waals surface area contributed by atoms with Crippen LogP contribution >= 0.6 is 23.1 Å². The maximum Gasteiger partial charge on any atom is 0.239 e. The molecule has 4 rings (SSSR count).